The van der Waals surface area contributed by atoms with E-state index in [4.69, 9.17) is 21.4 Å². The van der Waals surface area contributed by atoms with Crippen LogP contribution in [0.4, 0.5) is 11.4 Å². The molecule has 3 heterocycles. The van der Waals surface area contributed by atoms with Gasteiger partial charge in [0.25, 0.3) is 0 Å². The summed E-state index contributed by atoms with van der Waals surface area (Å²) in [5.74, 6) is 1.96. The van der Waals surface area contributed by atoms with E-state index in [1.54, 1.807) is 13.3 Å². The van der Waals surface area contributed by atoms with Crippen LogP contribution in [0.15, 0.2) is 89.5 Å². The van der Waals surface area contributed by atoms with Crippen LogP contribution in [0.1, 0.15) is 44.3 Å². The summed E-state index contributed by atoms with van der Waals surface area (Å²) < 4.78 is 12.1. The first kappa shape index (κ1) is 25.5. The molecule has 0 spiro atoms. The monoisotopic (exact) mass is 526 g/mol. The van der Waals surface area contributed by atoms with Gasteiger partial charge < -0.3 is 24.7 Å². The summed E-state index contributed by atoms with van der Waals surface area (Å²) in [7, 11) is 1.58. The van der Waals surface area contributed by atoms with Crippen LogP contribution in [0.25, 0.3) is 11.3 Å². The average Bonchev–Trinajstić information content (AvgIpc) is 3.54. The second-order valence-corrected chi connectivity index (χ2v) is 10.5. The predicted molar refractivity (Wildman–Crippen MR) is 153 cm³/mol. The number of pyridine rings is 1. The van der Waals surface area contributed by atoms with Crippen molar-refractivity contribution in [3.63, 3.8) is 0 Å². The minimum atomic E-state index is -0.541. The van der Waals surface area contributed by atoms with Gasteiger partial charge in [-0.2, -0.15) is 0 Å². The van der Waals surface area contributed by atoms with E-state index in [1.165, 1.54) is 0 Å². The number of rotatable bonds is 6. The number of nitrogens with one attached hydrogen (secondary N) is 2. The van der Waals surface area contributed by atoms with Crippen molar-refractivity contribution in [2.75, 3.05) is 17.3 Å². The highest BCUT2D eigenvalue weighted by Crippen LogP contribution is 2.44. The molecule has 4 aromatic rings. The van der Waals surface area contributed by atoms with E-state index in [0.29, 0.717) is 16.5 Å². The Labute approximate surface area is 227 Å². The maximum Gasteiger partial charge on any atom is 0.229 e. The number of aromatic nitrogens is 1. The van der Waals surface area contributed by atoms with Gasteiger partial charge >= 0.3 is 0 Å². The maximum atomic E-state index is 12.6. The van der Waals surface area contributed by atoms with E-state index in [0.717, 1.165) is 28.5 Å². The van der Waals surface area contributed by atoms with Crippen molar-refractivity contribution in [1.29, 1.82) is 0 Å². The summed E-state index contributed by atoms with van der Waals surface area (Å²) in [5, 5.41) is 6.95. The molecule has 7 nitrogen and oxygen atoms in total. The van der Waals surface area contributed by atoms with Gasteiger partial charge in [-0.25, -0.2) is 0 Å². The third-order valence-corrected chi connectivity index (χ3v) is 6.78. The van der Waals surface area contributed by atoms with E-state index in [-0.39, 0.29) is 18.0 Å². The number of ether oxygens (including phenoxy) is 1. The first-order valence-electron chi connectivity index (χ1n) is 12.4. The van der Waals surface area contributed by atoms with Gasteiger partial charge in [-0.1, -0.05) is 57.2 Å². The van der Waals surface area contributed by atoms with Crippen LogP contribution >= 0.6 is 12.2 Å². The molecule has 1 aliphatic heterocycles. The Morgan fingerprint density at radius 2 is 1.82 bits per heavy atom. The standard InChI is InChI=1S/C30H30N4O3S/c1-30(2,3)28(35)32-21-14-13-20(18-25(21)36-4)34-27(26(33-29(34)38)22-12-8-9-17-31-22)24-16-15-23(37-24)19-10-6-5-7-11-19/h5-18,26-27H,1-4H3,(H,32,35)(H,33,38)/t26-,27-/m1/s1. The summed E-state index contributed by atoms with van der Waals surface area (Å²) in [6.45, 7) is 5.60. The van der Waals surface area contributed by atoms with Crippen LogP contribution in [0.5, 0.6) is 5.75 Å². The van der Waals surface area contributed by atoms with Crippen molar-refractivity contribution < 1.29 is 13.9 Å². The summed E-state index contributed by atoms with van der Waals surface area (Å²) in [6, 6.07) is 24.8. The molecule has 8 heteroatoms. The molecular weight excluding hydrogens is 496 g/mol. The summed E-state index contributed by atoms with van der Waals surface area (Å²) in [6.07, 6.45) is 1.77. The zero-order valence-corrected chi connectivity index (χ0v) is 22.6. The maximum absolute atomic E-state index is 12.6. The minimum Gasteiger partial charge on any atom is -0.494 e. The SMILES string of the molecule is COc1cc(N2C(=S)N[C@H](c3ccccn3)[C@H]2c2ccc(-c3ccccc3)o2)ccc1NC(=O)C(C)(C)C. The molecule has 0 bridgehead atoms. The molecule has 2 N–H and O–H groups in total. The van der Waals surface area contributed by atoms with E-state index < -0.39 is 5.41 Å². The molecule has 1 amide bonds. The van der Waals surface area contributed by atoms with Crippen molar-refractivity contribution in [3.8, 4) is 17.1 Å². The zero-order chi connectivity index (χ0) is 26.9. The first-order valence-corrected chi connectivity index (χ1v) is 12.8. The summed E-state index contributed by atoms with van der Waals surface area (Å²) in [4.78, 5) is 19.2. The van der Waals surface area contributed by atoms with Crippen LogP contribution in [0, 0.1) is 5.41 Å². The number of thiocarbonyl (C=S) groups is 1. The van der Waals surface area contributed by atoms with Gasteiger partial charge in [0, 0.05) is 28.9 Å². The second-order valence-electron chi connectivity index (χ2n) is 10.2. The average molecular weight is 527 g/mol. The first-order chi connectivity index (χ1) is 18.3. The topological polar surface area (TPSA) is 79.6 Å². The molecule has 5 rings (SSSR count). The highest BCUT2D eigenvalue weighted by Gasteiger charge is 2.43. The molecule has 194 valence electrons. The van der Waals surface area contributed by atoms with Crippen LogP contribution in [-0.4, -0.2) is 23.1 Å². The van der Waals surface area contributed by atoms with E-state index in [1.807, 2.05) is 105 Å². The van der Waals surface area contributed by atoms with Crippen LogP contribution in [0.2, 0.25) is 0 Å². The number of methoxy groups -OCH3 is 1. The highest BCUT2D eigenvalue weighted by atomic mass is 32.1. The lowest BCUT2D eigenvalue weighted by molar-refractivity contribution is -0.123. The fourth-order valence-corrected chi connectivity index (χ4v) is 4.78. The number of anilines is 2. The third-order valence-electron chi connectivity index (χ3n) is 6.47. The highest BCUT2D eigenvalue weighted by molar-refractivity contribution is 7.80. The van der Waals surface area contributed by atoms with Gasteiger partial charge in [-0.05, 0) is 48.6 Å². The van der Waals surface area contributed by atoms with Crippen LogP contribution < -0.4 is 20.3 Å². The van der Waals surface area contributed by atoms with Gasteiger partial charge in [0.05, 0.1) is 24.5 Å². The lowest BCUT2D eigenvalue weighted by Crippen LogP contribution is -2.30. The molecule has 1 fully saturated rings. The number of hydrogen-bond acceptors (Lipinski definition) is 5. The third kappa shape index (κ3) is 4.99. The van der Waals surface area contributed by atoms with Crippen LogP contribution in [-0.2, 0) is 4.79 Å². The number of amides is 1. The lowest BCUT2D eigenvalue weighted by Gasteiger charge is -2.27. The number of benzene rings is 2. The lowest BCUT2D eigenvalue weighted by atomic mass is 9.95. The number of furan rings is 1. The van der Waals surface area contributed by atoms with Crippen molar-refractivity contribution >= 4 is 34.6 Å². The molecule has 1 saturated heterocycles. The molecule has 2 atom stereocenters. The number of nitrogens with zero attached hydrogens (tertiary/aromatic N) is 2. The molecule has 0 saturated carbocycles. The van der Waals surface area contributed by atoms with Gasteiger partial charge in [0.2, 0.25) is 5.91 Å². The number of carbonyl (C=O) groups excluding carboxylic acids is 1. The fourth-order valence-electron chi connectivity index (χ4n) is 4.43. The molecule has 1 aliphatic rings. The Kier molecular flexibility index (Phi) is 6.91. The largest absolute Gasteiger partial charge is 0.494 e. The van der Waals surface area contributed by atoms with Crippen molar-refractivity contribution in [2.24, 2.45) is 5.41 Å². The summed E-state index contributed by atoms with van der Waals surface area (Å²) >= 11 is 5.84. The van der Waals surface area contributed by atoms with Crippen molar-refractivity contribution in [1.82, 2.24) is 10.3 Å². The van der Waals surface area contributed by atoms with E-state index in [2.05, 4.69) is 15.6 Å². The quantitative estimate of drug-likeness (QED) is 0.277. The van der Waals surface area contributed by atoms with E-state index in [9.17, 15) is 4.79 Å². The fraction of sp³-hybridized carbons (Fsp3) is 0.233. The number of carbonyl (C=O) groups is 1. The molecule has 0 radical (unpaired) electrons. The second kappa shape index (κ2) is 10.3. The van der Waals surface area contributed by atoms with Gasteiger partial charge in [-0.3, -0.25) is 9.78 Å². The molecule has 0 aliphatic carbocycles. The van der Waals surface area contributed by atoms with Gasteiger partial charge in [-0.15, -0.1) is 0 Å². The van der Waals surface area contributed by atoms with Crippen molar-refractivity contribution in [2.45, 2.75) is 32.9 Å². The Hall–Kier alpha value is -4.17. The van der Waals surface area contributed by atoms with Gasteiger partial charge in [0.1, 0.15) is 23.3 Å². The van der Waals surface area contributed by atoms with Crippen molar-refractivity contribution in [3.05, 3.63) is 96.5 Å². The Balaban J connectivity index is 1.56. The van der Waals surface area contributed by atoms with Gasteiger partial charge in [0.15, 0.2) is 5.11 Å². The molecule has 2 aromatic carbocycles. The number of hydrogen-bond donors (Lipinski definition) is 2. The Bertz CT molecular complexity index is 1450. The molecule has 0 unspecified atom stereocenters. The summed E-state index contributed by atoms with van der Waals surface area (Å²) in [5.41, 5.74) is 2.70. The Morgan fingerprint density at radius 1 is 1.05 bits per heavy atom. The van der Waals surface area contributed by atoms with Crippen LogP contribution in [0.3, 0.4) is 0 Å². The minimum absolute atomic E-state index is 0.0981. The Morgan fingerprint density at radius 3 is 2.50 bits per heavy atom. The molecule has 2 aromatic heterocycles. The molecule has 38 heavy (non-hydrogen) atoms. The zero-order valence-electron chi connectivity index (χ0n) is 21.8. The van der Waals surface area contributed by atoms with E-state index >= 15 is 0 Å². The normalized spacial score (nSPS) is 17.3. The smallest absolute Gasteiger partial charge is 0.229 e. The predicted octanol–water partition coefficient (Wildman–Crippen LogP) is 6.51. The molecular formula is C30H30N4O3S.